The van der Waals surface area contributed by atoms with Crippen molar-refractivity contribution in [1.82, 2.24) is 14.9 Å². The maximum absolute atomic E-state index is 13.8. The summed E-state index contributed by atoms with van der Waals surface area (Å²) < 4.78 is 18.9. The molecule has 1 aromatic carbocycles. The van der Waals surface area contributed by atoms with Crippen molar-refractivity contribution in [2.75, 3.05) is 38.2 Å². The summed E-state index contributed by atoms with van der Waals surface area (Å²) in [6.07, 6.45) is 0. The molecular weight excluding hydrogens is 311 g/mol. The van der Waals surface area contributed by atoms with Gasteiger partial charge in [0.15, 0.2) is 0 Å². The van der Waals surface area contributed by atoms with Crippen LogP contribution in [0, 0.1) is 12.7 Å². The quantitative estimate of drug-likeness (QED) is 0.860. The van der Waals surface area contributed by atoms with Gasteiger partial charge in [-0.15, -0.1) is 0 Å². The summed E-state index contributed by atoms with van der Waals surface area (Å²) in [5, 5.41) is 0. The maximum atomic E-state index is 13.8. The van der Waals surface area contributed by atoms with E-state index in [2.05, 4.69) is 14.9 Å². The van der Waals surface area contributed by atoms with Gasteiger partial charge in [0, 0.05) is 32.2 Å². The number of ether oxygens (including phenoxy) is 1. The second-order valence-electron chi connectivity index (χ2n) is 5.57. The molecule has 0 bridgehead atoms. The van der Waals surface area contributed by atoms with Gasteiger partial charge in [-0.2, -0.15) is 4.98 Å². The number of hydrogen-bond donors (Lipinski definition) is 0. The molecule has 1 aliphatic heterocycles. The van der Waals surface area contributed by atoms with E-state index in [9.17, 15) is 9.18 Å². The van der Waals surface area contributed by atoms with E-state index in [1.807, 2.05) is 6.92 Å². The summed E-state index contributed by atoms with van der Waals surface area (Å²) in [6.45, 7) is 4.08. The lowest BCUT2D eigenvalue weighted by Crippen LogP contribution is -2.49. The highest BCUT2D eigenvalue weighted by atomic mass is 19.1. The highest BCUT2D eigenvalue weighted by Crippen LogP contribution is 2.20. The minimum absolute atomic E-state index is 0.116. The van der Waals surface area contributed by atoms with Gasteiger partial charge in [-0.25, -0.2) is 9.37 Å². The van der Waals surface area contributed by atoms with Gasteiger partial charge >= 0.3 is 0 Å². The number of benzene rings is 1. The van der Waals surface area contributed by atoms with E-state index in [4.69, 9.17) is 4.74 Å². The van der Waals surface area contributed by atoms with E-state index in [-0.39, 0.29) is 11.5 Å². The Morgan fingerprint density at radius 2 is 1.88 bits per heavy atom. The first-order valence-electron chi connectivity index (χ1n) is 7.77. The van der Waals surface area contributed by atoms with E-state index < -0.39 is 5.82 Å². The Labute approximate surface area is 139 Å². The van der Waals surface area contributed by atoms with Gasteiger partial charge in [0.05, 0.1) is 12.7 Å². The van der Waals surface area contributed by atoms with Crippen molar-refractivity contribution in [1.29, 1.82) is 0 Å². The fourth-order valence-electron chi connectivity index (χ4n) is 2.74. The first-order valence-corrected chi connectivity index (χ1v) is 7.77. The number of hydrogen-bond acceptors (Lipinski definition) is 5. The fourth-order valence-corrected chi connectivity index (χ4v) is 2.74. The van der Waals surface area contributed by atoms with Gasteiger partial charge in [-0.05, 0) is 19.1 Å². The van der Waals surface area contributed by atoms with Crippen molar-refractivity contribution in [2.45, 2.75) is 6.92 Å². The number of methoxy groups -OCH3 is 1. The number of anilines is 1. The van der Waals surface area contributed by atoms with Gasteiger partial charge in [0.1, 0.15) is 17.5 Å². The molecule has 0 N–H and O–H groups in total. The largest absolute Gasteiger partial charge is 0.481 e. The summed E-state index contributed by atoms with van der Waals surface area (Å²) in [7, 11) is 1.57. The molecule has 1 saturated heterocycles. The zero-order valence-corrected chi connectivity index (χ0v) is 13.7. The summed E-state index contributed by atoms with van der Waals surface area (Å²) >= 11 is 0. The van der Waals surface area contributed by atoms with Crippen molar-refractivity contribution in [3.63, 3.8) is 0 Å². The average molecular weight is 330 g/mol. The van der Waals surface area contributed by atoms with Crippen molar-refractivity contribution >= 4 is 11.7 Å². The molecule has 7 heteroatoms. The Bertz CT molecular complexity index is 745. The third kappa shape index (κ3) is 3.29. The van der Waals surface area contributed by atoms with Crippen molar-refractivity contribution in [3.05, 3.63) is 47.5 Å². The molecule has 0 atom stereocenters. The summed E-state index contributed by atoms with van der Waals surface area (Å²) in [5.74, 6) is 1.17. The monoisotopic (exact) mass is 330 g/mol. The highest BCUT2D eigenvalue weighted by molar-refractivity contribution is 5.94. The number of aromatic nitrogens is 2. The van der Waals surface area contributed by atoms with Crippen molar-refractivity contribution in [2.24, 2.45) is 0 Å². The number of aryl methyl sites for hydroxylation is 1. The first-order chi connectivity index (χ1) is 11.6. The molecule has 2 heterocycles. The van der Waals surface area contributed by atoms with Crippen molar-refractivity contribution in [3.8, 4) is 5.88 Å². The van der Waals surface area contributed by atoms with Gasteiger partial charge in [-0.1, -0.05) is 12.1 Å². The zero-order valence-electron chi connectivity index (χ0n) is 13.7. The minimum Gasteiger partial charge on any atom is -0.481 e. The van der Waals surface area contributed by atoms with Crippen LogP contribution in [-0.2, 0) is 0 Å². The molecule has 6 nitrogen and oxygen atoms in total. The highest BCUT2D eigenvalue weighted by Gasteiger charge is 2.24. The number of halogens is 1. The van der Waals surface area contributed by atoms with Crippen molar-refractivity contribution < 1.29 is 13.9 Å². The van der Waals surface area contributed by atoms with E-state index >= 15 is 0 Å². The van der Waals surface area contributed by atoms with Gasteiger partial charge in [0.25, 0.3) is 5.91 Å². The van der Waals surface area contributed by atoms with Gasteiger partial charge in [-0.3, -0.25) is 4.79 Å². The van der Waals surface area contributed by atoms with Crippen LogP contribution in [0.3, 0.4) is 0 Å². The Kier molecular flexibility index (Phi) is 4.59. The van der Waals surface area contributed by atoms with Crippen LogP contribution in [-0.4, -0.2) is 54.1 Å². The van der Waals surface area contributed by atoms with Crippen LogP contribution in [0.15, 0.2) is 30.3 Å². The lowest BCUT2D eigenvalue weighted by molar-refractivity contribution is 0.0741. The molecule has 0 spiro atoms. The van der Waals surface area contributed by atoms with Crippen LogP contribution in [0.2, 0.25) is 0 Å². The molecule has 0 radical (unpaired) electrons. The van der Waals surface area contributed by atoms with E-state index in [1.54, 1.807) is 30.2 Å². The zero-order chi connectivity index (χ0) is 17.1. The van der Waals surface area contributed by atoms with E-state index in [0.717, 1.165) is 5.82 Å². The number of amides is 1. The lowest BCUT2D eigenvalue weighted by Gasteiger charge is -2.35. The Hall–Kier alpha value is -2.70. The summed E-state index contributed by atoms with van der Waals surface area (Å²) in [4.78, 5) is 24.8. The predicted molar refractivity (Wildman–Crippen MR) is 87.8 cm³/mol. The SMILES string of the molecule is COc1cc(N2CCN(C(=O)c3ccccc3F)CC2)nc(C)n1. The third-order valence-electron chi connectivity index (χ3n) is 4.01. The Balaban J connectivity index is 1.69. The smallest absolute Gasteiger partial charge is 0.256 e. The summed E-state index contributed by atoms with van der Waals surface area (Å²) in [6, 6.07) is 7.85. The molecule has 1 aliphatic rings. The second-order valence-corrected chi connectivity index (χ2v) is 5.57. The fraction of sp³-hybridized carbons (Fsp3) is 0.353. The third-order valence-corrected chi connectivity index (χ3v) is 4.01. The molecule has 2 aromatic rings. The van der Waals surface area contributed by atoms with Crippen LogP contribution < -0.4 is 9.64 Å². The van der Waals surface area contributed by atoms with Crippen LogP contribution in [0.1, 0.15) is 16.2 Å². The van der Waals surface area contributed by atoms with E-state index in [0.29, 0.717) is 37.9 Å². The van der Waals surface area contributed by atoms with Gasteiger partial charge < -0.3 is 14.5 Å². The van der Waals surface area contributed by atoms with E-state index in [1.165, 1.54) is 12.1 Å². The molecule has 0 saturated carbocycles. The molecule has 0 unspecified atom stereocenters. The number of rotatable bonds is 3. The molecule has 3 rings (SSSR count). The van der Waals surface area contributed by atoms with Crippen LogP contribution in [0.5, 0.6) is 5.88 Å². The predicted octanol–water partition coefficient (Wildman–Crippen LogP) is 1.90. The minimum atomic E-state index is -0.485. The molecular formula is C17H19FN4O2. The standard InChI is InChI=1S/C17H19FN4O2/c1-12-19-15(11-16(20-12)24-2)21-7-9-22(10-8-21)17(23)13-5-3-4-6-14(13)18/h3-6,11H,7-10H2,1-2H3. The number of piperazine rings is 1. The van der Waals surface area contributed by atoms with Crippen LogP contribution in [0.4, 0.5) is 10.2 Å². The van der Waals surface area contributed by atoms with Gasteiger partial charge in [0.2, 0.25) is 5.88 Å². The van der Waals surface area contributed by atoms with Crippen LogP contribution >= 0.6 is 0 Å². The molecule has 1 fully saturated rings. The second kappa shape index (κ2) is 6.82. The molecule has 126 valence electrons. The topological polar surface area (TPSA) is 58.6 Å². The average Bonchev–Trinajstić information content (AvgIpc) is 2.61. The first kappa shape index (κ1) is 16.2. The molecule has 1 aromatic heterocycles. The summed E-state index contributed by atoms with van der Waals surface area (Å²) in [5.41, 5.74) is 0.116. The molecule has 1 amide bonds. The lowest BCUT2D eigenvalue weighted by atomic mass is 10.1. The number of carbonyl (C=O) groups excluding carboxylic acids is 1. The Morgan fingerprint density at radius 3 is 2.54 bits per heavy atom. The number of carbonyl (C=O) groups is 1. The maximum Gasteiger partial charge on any atom is 0.256 e. The number of nitrogens with zero attached hydrogens (tertiary/aromatic N) is 4. The normalized spacial score (nSPS) is 14.6. The Morgan fingerprint density at radius 1 is 1.17 bits per heavy atom. The molecule has 0 aliphatic carbocycles. The molecule has 24 heavy (non-hydrogen) atoms. The van der Waals surface area contributed by atoms with Crippen LogP contribution in [0.25, 0.3) is 0 Å².